The van der Waals surface area contributed by atoms with Gasteiger partial charge in [0.05, 0.1) is 0 Å². The Morgan fingerprint density at radius 1 is 1.55 bits per heavy atom. The van der Waals surface area contributed by atoms with Crippen LogP contribution in [0, 0.1) is 0 Å². The van der Waals surface area contributed by atoms with Crippen molar-refractivity contribution in [2.75, 3.05) is 12.0 Å². The maximum absolute atomic E-state index is 13.1. The average molecular weight is 171 g/mol. The van der Waals surface area contributed by atoms with Gasteiger partial charge in [-0.25, -0.2) is 4.39 Å². The highest BCUT2D eigenvalue weighted by Crippen LogP contribution is 2.19. The Morgan fingerprint density at radius 2 is 2.18 bits per heavy atom. The van der Waals surface area contributed by atoms with E-state index in [1.807, 2.05) is 6.26 Å². The van der Waals surface area contributed by atoms with Crippen molar-refractivity contribution in [3.8, 4) is 0 Å². The first-order chi connectivity index (χ1) is 5.34. The van der Waals surface area contributed by atoms with Gasteiger partial charge in [0.1, 0.15) is 6.17 Å². The van der Waals surface area contributed by atoms with Crippen LogP contribution in [0.15, 0.2) is 24.5 Å². The van der Waals surface area contributed by atoms with Gasteiger partial charge in [0.25, 0.3) is 0 Å². The molecule has 1 atom stereocenters. The SMILES string of the molecule is CSCC(F)c1ccncc1. The summed E-state index contributed by atoms with van der Waals surface area (Å²) >= 11 is 1.51. The molecule has 0 aliphatic rings. The lowest BCUT2D eigenvalue weighted by Crippen LogP contribution is -1.93. The number of pyridine rings is 1. The van der Waals surface area contributed by atoms with Crippen LogP contribution in [0.25, 0.3) is 0 Å². The minimum absolute atomic E-state index is 0.518. The van der Waals surface area contributed by atoms with E-state index < -0.39 is 6.17 Å². The van der Waals surface area contributed by atoms with Gasteiger partial charge in [-0.15, -0.1) is 0 Å². The Bertz CT molecular complexity index is 203. The Balaban J connectivity index is 2.61. The van der Waals surface area contributed by atoms with Crippen molar-refractivity contribution in [1.82, 2.24) is 4.98 Å². The first kappa shape index (κ1) is 8.53. The zero-order chi connectivity index (χ0) is 8.10. The summed E-state index contributed by atoms with van der Waals surface area (Å²) < 4.78 is 13.1. The largest absolute Gasteiger partial charge is 0.265 e. The number of hydrogen-bond donors (Lipinski definition) is 0. The standard InChI is InChI=1S/C8H10FNS/c1-11-6-8(9)7-2-4-10-5-3-7/h2-5,8H,6H2,1H3. The van der Waals surface area contributed by atoms with Gasteiger partial charge in [0.15, 0.2) is 0 Å². The Hall–Kier alpha value is -0.570. The Labute approximate surface area is 70.0 Å². The van der Waals surface area contributed by atoms with Gasteiger partial charge in [-0.05, 0) is 24.0 Å². The molecular weight excluding hydrogens is 161 g/mol. The van der Waals surface area contributed by atoms with Crippen LogP contribution >= 0.6 is 11.8 Å². The van der Waals surface area contributed by atoms with Crippen LogP contribution in [-0.4, -0.2) is 17.0 Å². The van der Waals surface area contributed by atoms with Gasteiger partial charge >= 0.3 is 0 Å². The molecular formula is C8H10FNS. The zero-order valence-corrected chi connectivity index (χ0v) is 7.14. The number of thioether (sulfide) groups is 1. The van der Waals surface area contributed by atoms with E-state index in [-0.39, 0.29) is 0 Å². The van der Waals surface area contributed by atoms with E-state index in [2.05, 4.69) is 4.98 Å². The number of alkyl halides is 1. The highest BCUT2D eigenvalue weighted by atomic mass is 32.2. The summed E-state index contributed by atoms with van der Waals surface area (Å²) in [5.41, 5.74) is 0.717. The molecule has 11 heavy (non-hydrogen) atoms. The lowest BCUT2D eigenvalue weighted by atomic mass is 10.2. The summed E-state index contributed by atoms with van der Waals surface area (Å²) in [6.07, 6.45) is 4.27. The first-order valence-corrected chi connectivity index (χ1v) is 4.77. The number of aromatic nitrogens is 1. The number of rotatable bonds is 3. The minimum Gasteiger partial charge on any atom is -0.265 e. The fourth-order valence-electron chi connectivity index (χ4n) is 0.815. The second kappa shape index (κ2) is 4.34. The topological polar surface area (TPSA) is 12.9 Å². The van der Waals surface area contributed by atoms with Crippen molar-refractivity contribution in [1.29, 1.82) is 0 Å². The van der Waals surface area contributed by atoms with E-state index in [9.17, 15) is 4.39 Å². The summed E-state index contributed by atoms with van der Waals surface area (Å²) in [7, 11) is 0. The van der Waals surface area contributed by atoms with E-state index in [4.69, 9.17) is 0 Å². The van der Waals surface area contributed by atoms with Crippen molar-refractivity contribution >= 4 is 11.8 Å². The van der Waals surface area contributed by atoms with Gasteiger partial charge in [-0.3, -0.25) is 4.98 Å². The van der Waals surface area contributed by atoms with Crippen LogP contribution in [0.5, 0.6) is 0 Å². The molecule has 1 unspecified atom stereocenters. The summed E-state index contributed by atoms with van der Waals surface area (Å²) in [6.45, 7) is 0. The van der Waals surface area contributed by atoms with Crippen molar-refractivity contribution in [2.45, 2.75) is 6.17 Å². The lowest BCUT2D eigenvalue weighted by molar-refractivity contribution is 0.380. The lowest BCUT2D eigenvalue weighted by Gasteiger charge is -2.04. The quantitative estimate of drug-likeness (QED) is 0.693. The molecule has 0 aromatic carbocycles. The molecule has 0 radical (unpaired) electrons. The van der Waals surface area contributed by atoms with Crippen LogP contribution in [-0.2, 0) is 0 Å². The van der Waals surface area contributed by atoms with Gasteiger partial charge in [-0.2, -0.15) is 11.8 Å². The number of halogens is 1. The van der Waals surface area contributed by atoms with Gasteiger partial charge < -0.3 is 0 Å². The molecule has 0 spiro atoms. The molecule has 1 aromatic rings. The van der Waals surface area contributed by atoms with Crippen molar-refractivity contribution < 1.29 is 4.39 Å². The molecule has 60 valence electrons. The highest BCUT2D eigenvalue weighted by molar-refractivity contribution is 7.98. The third kappa shape index (κ3) is 2.50. The van der Waals surface area contributed by atoms with Gasteiger partial charge in [0, 0.05) is 18.1 Å². The molecule has 3 heteroatoms. The first-order valence-electron chi connectivity index (χ1n) is 3.37. The van der Waals surface area contributed by atoms with E-state index in [1.54, 1.807) is 24.5 Å². The molecule has 0 fully saturated rings. The van der Waals surface area contributed by atoms with Crippen LogP contribution in [0.1, 0.15) is 11.7 Å². The molecule has 0 aliphatic heterocycles. The molecule has 0 N–H and O–H groups in total. The van der Waals surface area contributed by atoms with Crippen LogP contribution in [0.4, 0.5) is 4.39 Å². The van der Waals surface area contributed by atoms with Crippen LogP contribution in [0.3, 0.4) is 0 Å². The maximum Gasteiger partial charge on any atom is 0.134 e. The Morgan fingerprint density at radius 3 is 2.73 bits per heavy atom. The van der Waals surface area contributed by atoms with E-state index in [0.29, 0.717) is 11.3 Å². The van der Waals surface area contributed by atoms with Crippen molar-refractivity contribution in [3.63, 3.8) is 0 Å². The van der Waals surface area contributed by atoms with E-state index in [1.165, 1.54) is 11.8 Å². The number of nitrogens with zero attached hydrogens (tertiary/aromatic N) is 1. The monoisotopic (exact) mass is 171 g/mol. The van der Waals surface area contributed by atoms with E-state index >= 15 is 0 Å². The fraction of sp³-hybridized carbons (Fsp3) is 0.375. The van der Waals surface area contributed by atoms with Crippen LogP contribution in [0.2, 0.25) is 0 Å². The Kier molecular flexibility index (Phi) is 3.36. The molecule has 0 bridgehead atoms. The summed E-state index contributed by atoms with van der Waals surface area (Å²) in [4.78, 5) is 3.81. The molecule has 1 rings (SSSR count). The molecule has 0 amide bonds. The smallest absolute Gasteiger partial charge is 0.134 e. The maximum atomic E-state index is 13.1. The van der Waals surface area contributed by atoms with Crippen LogP contribution < -0.4 is 0 Å². The van der Waals surface area contributed by atoms with E-state index in [0.717, 1.165) is 0 Å². The normalized spacial score (nSPS) is 12.9. The molecule has 1 heterocycles. The van der Waals surface area contributed by atoms with Gasteiger partial charge in [-0.1, -0.05) is 0 Å². The third-order valence-corrected chi connectivity index (χ3v) is 2.01. The summed E-state index contributed by atoms with van der Waals surface area (Å²) in [5, 5.41) is 0. The van der Waals surface area contributed by atoms with Crippen molar-refractivity contribution in [2.24, 2.45) is 0 Å². The predicted octanol–water partition coefficient (Wildman–Crippen LogP) is 2.46. The molecule has 1 aromatic heterocycles. The minimum atomic E-state index is -0.854. The number of hydrogen-bond acceptors (Lipinski definition) is 2. The predicted molar refractivity (Wildman–Crippen MR) is 46.5 cm³/mol. The summed E-state index contributed by atoms with van der Waals surface area (Å²) in [6, 6.07) is 3.42. The van der Waals surface area contributed by atoms with Crippen molar-refractivity contribution in [3.05, 3.63) is 30.1 Å². The zero-order valence-electron chi connectivity index (χ0n) is 6.33. The second-order valence-electron chi connectivity index (χ2n) is 2.20. The molecule has 1 nitrogen and oxygen atoms in total. The third-order valence-electron chi connectivity index (χ3n) is 1.38. The fourth-order valence-corrected chi connectivity index (χ4v) is 1.30. The molecule has 0 saturated carbocycles. The summed E-state index contributed by atoms with van der Waals surface area (Å²) in [5.74, 6) is 0.518. The molecule has 0 saturated heterocycles. The average Bonchev–Trinajstić information content (AvgIpc) is 2.07. The van der Waals surface area contributed by atoms with Gasteiger partial charge in [0.2, 0.25) is 0 Å². The second-order valence-corrected chi connectivity index (χ2v) is 3.11. The highest BCUT2D eigenvalue weighted by Gasteiger charge is 2.06. The molecule has 0 aliphatic carbocycles.